The molecule has 1 saturated heterocycles. The van der Waals surface area contributed by atoms with Crippen molar-refractivity contribution in [2.45, 2.75) is 45.7 Å². The van der Waals surface area contributed by atoms with Gasteiger partial charge in [0.15, 0.2) is 0 Å². The molecule has 1 fully saturated rings. The second-order valence-electron chi connectivity index (χ2n) is 5.86. The normalized spacial score (nSPS) is 16.6. The van der Waals surface area contributed by atoms with Crippen LogP contribution in [0, 0.1) is 0 Å². The van der Waals surface area contributed by atoms with Crippen molar-refractivity contribution in [2.75, 3.05) is 13.1 Å². The topological polar surface area (TPSA) is 54.3 Å². The molecule has 0 bridgehead atoms. The van der Waals surface area contributed by atoms with Gasteiger partial charge in [0.25, 0.3) is 5.91 Å². The van der Waals surface area contributed by atoms with Crippen molar-refractivity contribution in [3.05, 3.63) is 22.4 Å². The highest BCUT2D eigenvalue weighted by Crippen LogP contribution is 2.19. The average molecular weight is 356 g/mol. The molecule has 116 valence electrons. The van der Waals surface area contributed by atoms with Crippen LogP contribution in [-0.2, 0) is 4.79 Å². The number of carbonyl (C=O) groups excluding carboxylic acids is 2. The van der Waals surface area contributed by atoms with Crippen molar-refractivity contribution in [3.8, 4) is 0 Å². The molecule has 1 aromatic rings. The van der Waals surface area contributed by atoms with Crippen LogP contribution in [-0.4, -0.2) is 40.4 Å². The second-order valence-corrected chi connectivity index (χ2v) is 6.78. The van der Waals surface area contributed by atoms with Gasteiger partial charge in [0.1, 0.15) is 5.69 Å². The average Bonchev–Trinajstić information content (AvgIpc) is 2.96. The number of carbonyl (C=O) groups is 2. The molecule has 1 N–H and O–H groups in total. The summed E-state index contributed by atoms with van der Waals surface area (Å²) in [4.78, 5) is 25.8. The Labute approximate surface area is 133 Å². The fraction of sp³-hybridized carbons (Fsp3) is 0.600. The highest BCUT2D eigenvalue weighted by Gasteiger charge is 2.23. The van der Waals surface area contributed by atoms with Gasteiger partial charge in [-0.25, -0.2) is 0 Å². The van der Waals surface area contributed by atoms with E-state index in [1.165, 1.54) is 0 Å². The minimum Gasteiger partial charge on any atom is -0.347 e. The van der Waals surface area contributed by atoms with E-state index < -0.39 is 0 Å². The third-order valence-corrected chi connectivity index (χ3v) is 4.08. The molecule has 1 aliphatic rings. The zero-order chi connectivity index (χ0) is 15.6. The minimum atomic E-state index is -0.103. The number of halogens is 1. The highest BCUT2D eigenvalue weighted by molar-refractivity contribution is 9.10. The Balaban J connectivity index is 1.99. The molecule has 6 heteroatoms. The fourth-order valence-electron chi connectivity index (χ4n) is 2.63. The summed E-state index contributed by atoms with van der Waals surface area (Å²) in [6.45, 7) is 7.38. The van der Waals surface area contributed by atoms with Crippen LogP contribution in [0.15, 0.2) is 16.7 Å². The van der Waals surface area contributed by atoms with Gasteiger partial charge in [-0.3, -0.25) is 9.59 Å². The van der Waals surface area contributed by atoms with Gasteiger partial charge in [-0.05, 0) is 49.2 Å². The Hall–Kier alpha value is -1.30. The first-order chi connectivity index (χ1) is 9.88. The summed E-state index contributed by atoms with van der Waals surface area (Å²) < 4.78 is 2.83. The van der Waals surface area contributed by atoms with E-state index in [-0.39, 0.29) is 23.9 Å². The number of likely N-dealkylation sites (tertiary alicyclic amines) is 1. The van der Waals surface area contributed by atoms with Gasteiger partial charge in [0.2, 0.25) is 5.91 Å². The lowest BCUT2D eigenvalue weighted by Crippen LogP contribution is -2.43. The Kier molecular flexibility index (Phi) is 5.08. The SMILES string of the molecule is CC(CN1CCCC1=O)NC(=O)c1cc(Br)cn1C(C)C. The Morgan fingerprint density at radius 1 is 1.43 bits per heavy atom. The number of amides is 2. The minimum absolute atomic E-state index is 0.0613. The van der Waals surface area contributed by atoms with Gasteiger partial charge in [0.05, 0.1) is 0 Å². The predicted molar refractivity (Wildman–Crippen MR) is 85.3 cm³/mol. The van der Waals surface area contributed by atoms with Crippen molar-refractivity contribution < 1.29 is 9.59 Å². The van der Waals surface area contributed by atoms with Crippen LogP contribution in [0.25, 0.3) is 0 Å². The van der Waals surface area contributed by atoms with Gasteiger partial charge in [-0.1, -0.05) is 0 Å². The summed E-state index contributed by atoms with van der Waals surface area (Å²) in [5.41, 5.74) is 0.636. The highest BCUT2D eigenvalue weighted by atomic mass is 79.9. The molecule has 2 amide bonds. The van der Waals surface area contributed by atoms with Crippen LogP contribution in [0.5, 0.6) is 0 Å². The molecule has 2 heterocycles. The van der Waals surface area contributed by atoms with Crippen molar-refractivity contribution in [1.82, 2.24) is 14.8 Å². The van der Waals surface area contributed by atoms with E-state index in [9.17, 15) is 9.59 Å². The zero-order valence-corrected chi connectivity index (χ0v) is 14.3. The number of hydrogen-bond donors (Lipinski definition) is 1. The number of rotatable bonds is 5. The summed E-state index contributed by atoms with van der Waals surface area (Å²) >= 11 is 3.41. The first kappa shape index (κ1) is 16.1. The largest absolute Gasteiger partial charge is 0.347 e. The smallest absolute Gasteiger partial charge is 0.268 e. The van der Waals surface area contributed by atoms with E-state index in [0.29, 0.717) is 18.7 Å². The van der Waals surface area contributed by atoms with Crippen molar-refractivity contribution in [1.29, 1.82) is 0 Å². The van der Waals surface area contributed by atoms with E-state index in [4.69, 9.17) is 0 Å². The van der Waals surface area contributed by atoms with Crippen LogP contribution in [0.4, 0.5) is 0 Å². The second kappa shape index (κ2) is 6.64. The molecule has 0 spiro atoms. The number of hydrogen-bond acceptors (Lipinski definition) is 2. The molecule has 21 heavy (non-hydrogen) atoms. The first-order valence-electron chi connectivity index (χ1n) is 7.34. The lowest BCUT2D eigenvalue weighted by atomic mass is 10.2. The standard InChI is InChI=1S/C15H22BrN3O2/c1-10(2)19-9-12(16)7-13(19)15(21)17-11(3)8-18-6-4-5-14(18)20/h7,9-11H,4-6,8H2,1-3H3,(H,17,21). The fourth-order valence-corrected chi connectivity index (χ4v) is 3.06. The molecule has 5 nitrogen and oxygen atoms in total. The molecule has 0 radical (unpaired) electrons. The summed E-state index contributed by atoms with van der Waals surface area (Å²) in [6, 6.07) is 1.98. The lowest BCUT2D eigenvalue weighted by molar-refractivity contribution is -0.127. The molecule has 2 rings (SSSR count). The molecule has 1 aliphatic heterocycles. The molecule has 0 aliphatic carbocycles. The van der Waals surface area contributed by atoms with E-state index in [1.54, 1.807) is 0 Å². The third-order valence-electron chi connectivity index (χ3n) is 3.65. The molecular formula is C15H22BrN3O2. The van der Waals surface area contributed by atoms with E-state index in [2.05, 4.69) is 21.2 Å². The van der Waals surface area contributed by atoms with Gasteiger partial charge >= 0.3 is 0 Å². The molecular weight excluding hydrogens is 334 g/mol. The van der Waals surface area contributed by atoms with Gasteiger partial charge in [-0.2, -0.15) is 0 Å². The van der Waals surface area contributed by atoms with Crippen molar-refractivity contribution >= 4 is 27.7 Å². The summed E-state index contributed by atoms with van der Waals surface area (Å²) in [5, 5.41) is 2.98. The molecule has 1 unspecified atom stereocenters. The van der Waals surface area contributed by atoms with Crippen molar-refractivity contribution in [3.63, 3.8) is 0 Å². The molecule has 1 aromatic heterocycles. The summed E-state index contributed by atoms with van der Waals surface area (Å²) in [7, 11) is 0. The van der Waals surface area contributed by atoms with Crippen molar-refractivity contribution in [2.24, 2.45) is 0 Å². The number of nitrogens with one attached hydrogen (secondary N) is 1. The quantitative estimate of drug-likeness (QED) is 0.882. The van der Waals surface area contributed by atoms with Crippen LogP contribution in [0.3, 0.4) is 0 Å². The maximum Gasteiger partial charge on any atom is 0.268 e. The maximum absolute atomic E-state index is 12.4. The summed E-state index contributed by atoms with van der Waals surface area (Å²) in [6.07, 6.45) is 3.46. The lowest BCUT2D eigenvalue weighted by Gasteiger charge is -2.22. The first-order valence-corrected chi connectivity index (χ1v) is 8.13. The monoisotopic (exact) mass is 355 g/mol. The Morgan fingerprint density at radius 3 is 2.71 bits per heavy atom. The molecule has 1 atom stereocenters. The predicted octanol–water partition coefficient (Wildman–Crippen LogP) is 2.57. The number of aromatic nitrogens is 1. The maximum atomic E-state index is 12.4. The van der Waals surface area contributed by atoms with Gasteiger partial charge < -0.3 is 14.8 Å². The third kappa shape index (κ3) is 3.87. The Bertz CT molecular complexity index is 539. The van der Waals surface area contributed by atoms with Crippen LogP contribution >= 0.6 is 15.9 Å². The van der Waals surface area contributed by atoms with Crippen LogP contribution < -0.4 is 5.32 Å². The van der Waals surface area contributed by atoms with E-state index >= 15 is 0 Å². The van der Waals surface area contributed by atoms with E-state index in [0.717, 1.165) is 17.4 Å². The van der Waals surface area contributed by atoms with Gasteiger partial charge in [-0.15, -0.1) is 0 Å². The Morgan fingerprint density at radius 2 is 2.14 bits per heavy atom. The van der Waals surface area contributed by atoms with Gasteiger partial charge in [0, 0.05) is 42.3 Å². The number of nitrogens with zero attached hydrogens (tertiary/aromatic N) is 2. The molecule has 0 aromatic carbocycles. The zero-order valence-electron chi connectivity index (χ0n) is 12.7. The van der Waals surface area contributed by atoms with Crippen LogP contribution in [0.1, 0.15) is 50.1 Å². The molecule has 0 saturated carbocycles. The van der Waals surface area contributed by atoms with Crippen LogP contribution in [0.2, 0.25) is 0 Å². The van der Waals surface area contributed by atoms with E-state index in [1.807, 2.05) is 42.5 Å². The summed E-state index contributed by atoms with van der Waals surface area (Å²) in [5.74, 6) is 0.0814.